The Labute approximate surface area is 162 Å². The Kier molecular flexibility index (Phi) is 4.15. The van der Waals surface area contributed by atoms with Crippen molar-refractivity contribution in [2.45, 2.75) is 25.2 Å². The monoisotopic (exact) mass is 375 g/mol. The fourth-order valence-electron chi connectivity index (χ4n) is 4.36. The quantitative estimate of drug-likeness (QED) is 0.534. The first kappa shape index (κ1) is 17.0. The van der Waals surface area contributed by atoms with E-state index in [1.165, 1.54) is 6.07 Å². The summed E-state index contributed by atoms with van der Waals surface area (Å²) in [6.45, 7) is 1.50. The fourth-order valence-corrected chi connectivity index (χ4v) is 4.36. The van der Waals surface area contributed by atoms with Crippen molar-refractivity contribution in [3.8, 4) is 0 Å². The highest BCUT2D eigenvalue weighted by molar-refractivity contribution is 5.89. The van der Waals surface area contributed by atoms with Gasteiger partial charge in [-0.05, 0) is 48.7 Å². The summed E-state index contributed by atoms with van der Waals surface area (Å²) < 4.78 is 13.5. The van der Waals surface area contributed by atoms with Crippen molar-refractivity contribution < 1.29 is 9.18 Å². The number of halogens is 1. The molecule has 142 valence electrons. The molecule has 1 aliphatic heterocycles. The number of benzene rings is 2. The van der Waals surface area contributed by atoms with E-state index in [-0.39, 0.29) is 17.6 Å². The van der Waals surface area contributed by atoms with E-state index < -0.39 is 0 Å². The van der Waals surface area contributed by atoms with Crippen molar-refractivity contribution in [2.75, 3.05) is 13.1 Å². The van der Waals surface area contributed by atoms with Gasteiger partial charge in [0.2, 0.25) is 5.91 Å². The van der Waals surface area contributed by atoms with E-state index in [1.807, 2.05) is 35.4 Å². The molecule has 4 nitrogen and oxygen atoms in total. The van der Waals surface area contributed by atoms with Gasteiger partial charge in [0.15, 0.2) is 0 Å². The van der Waals surface area contributed by atoms with Gasteiger partial charge in [-0.1, -0.05) is 18.2 Å². The van der Waals surface area contributed by atoms with Crippen LogP contribution in [-0.2, 0) is 11.2 Å². The molecule has 2 aromatic heterocycles. The Morgan fingerprint density at radius 1 is 1.14 bits per heavy atom. The molecule has 1 saturated heterocycles. The molecular formula is C23H22FN3O. The number of hydrogen-bond acceptors (Lipinski definition) is 1. The Bertz CT molecular complexity index is 1160. The highest BCUT2D eigenvalue weighted by atomic mass is 19.1. The molecule has 1 amide bonds. The molecule has 1 fully saturated rings. The van der Waals surface area contributed by atoms with Gasteiger partial charge >= 0.3 is 0 Å². The minimum Gasteiger partial charge on any atom is -0.361 e. The number of fused-ring (bicyclic) bond motifs is 2. The number of hydrogen-bond donors (Lipinski definition) is 2. The smallest absolute Gasteiger partial charge is 0.227 e. The first-order chi connectivity index (χ1) is 13.7. The van der Waals surface area contributed by atoms with E-state index in [4.69, 9.17) is 0 Å². The number of piperidine rings is 1. The maximum absolute atomic E-state index is 13.5. The summed E-state index contributed by atoms with van der Waals surface area (Å²) in [7, 11) is 0. The van der Waals surface area contributed by atoms with E-state index in [0.717, 1.165) is 52.4 Å². The minimum atomic E-state index is -0.225. The van der Waals surface area contributed by atoms with Crippen molar-refractivity contribution in [2.24, 2.45) is 0 Å². The fraction of sp³-hybridized carbons (Fsp3) is 0.261. The summed E-state index contributed by atoms with van der Waals surface area (Å²) in [4.78, 5) is 21.6. The molecule has 0 saturated carbocycles. The number of likely N-dealkylation sites (tertiary alicyclic amines) is 1. The van der Waals surface area contributed by atoms with Gasteiger partial charge < -0.3 is 14.9 Å². The van der Waals surface area contributed by atoms with Crippen LogP contribution >= 0.6 is 0 Å². The zero-order chi connectivity index (χ0) is 19.1. The van der Waals surface area contributed by atoms with Gasteiger partial charge in [0, 0.05) is 52.7 Å². The summed E-state index contributed by atoms with van der Waals surface area (Å²) in [6.07, 6.45) is 4.37. The molecule has 1 atom stereocenters. The number of rotatable bonds is 3. The van der Waals surface area contributed by atoms with Crippen LogP contribution < -0.4 is 0 Å². The zero-order valence-electron chi connectivity index (χ0n) is 15.5. The average molecular weight is 375 g/mol. The predicted molar refractivity (Wildman–Crippen MR) is 109 cm³/mol. The normalized spacial score (nSPS) is 17.5. The first-order valence-electron chi connectivity index (χ1n) is 9.78. The van der Waals surface area contributed by atoms with Crippen LogP contribution in [-0.4, -0.2) is 33.9 Å². The summed E-state index contributed by atoms with van der Waals surface area (Å²) in [6, 6.07) is 14.9. The van der Waals surface area contributed by atoms with Crippen LogP contribution in [0.4, 0.5) is 4.39 Å². The number of aromatic amines is 2. The number of nitrogens with zero attached hydrogens (tertiary/aromatic N) is 1. The van der Waals surface area contributed by atoms with E-state index in [1.54, 1.807) is 12.1 Å². The second kappa shape index (κ2) is 6.82. The molecule has 0 bridgehead atoms. The average Bonchev–Trinajstić information content (AvgIpc) is 3.32. The SMILES string of the molecule is O=C(Cc1c[nH]c2ccccc12)N1CCCC(c2cc3cc(F)ccc3[nH]2)C1. The largest absolute Gasteiger partial charge is 0.361 e. The Morgan fingerprint density at radius 3 is 2.96 bits per heavy atom. The maximum atomic E-state index is 13.5. The van der Waals surface area contributed by atoms with Crippen LogP contribution in [0.3, 0.4) is 0 Å². The number of carbonyl (C=O) groups is 1. The lowest BCUT2D eigenvalue weighted by atomic mass is 9.94. The second-order valence-electron chi connectivity index (χ2n) is 7.67. The van der Waals surface area contributed by atoms with Crippen LogP contribution in [0, 0.1) is 5.82 Å². The second-order valence-corrected chi connectivity index (χ2v) is 7.67. The van der Waals surface area contributed by atoms with E-state index >= 15 is 0 Å². The molecule has 5 heteroatoms. The van der Waals surface area contributed by atoms with E-state index in [0.29, 0.717) is 13.0 Å². The topological polar surface area (TPSA) is 51.9 Å². The van der Waals surface area contributed by atoms with Gasteiger partial charge in [0.1, 0.15) is 5.82 Å². The maximum Gasteiger partial charge on any atom is 0.227 e. The van der Waals surface area contributed by atoms with Gasteiger partial charge in [0.25, 0.3) is 0 Å². The lowest BCUT2D eigenvalue weighted by Gasteiger charge is -2.32. The first-order valence-corrected chi connectivity index (χ1v) is 9.78. The minimum absolute atomic E-state index is 0.164. The van der Waals surface area contributed by atoms with Gasteiger partial charge in [-0.25, -0.2) is 4.39 Å². The van der Waals surface area contributed by atoms with Crippen molar-refractivity contribution >= 4 is 27.7 Å². The summed E-state index contributed by atoms with van der Waals surface area (Å²) in [5.74, 6) is 0.199. The van der Waals surface area contributed by atoms with E-state index in [9.17, 15) is 9.18 Å². The summed E-state index contributed by atoms with van der Waals surface area (Å²) in [5.41, 5.74) is 4.14. The molecule has 0 spiro atoms. The third-order valence-electron chi connectivity index (χ3n) is 5.83. The van der Waals surface area contributed by atoms with Crippen LogP contribution in [0.1, 0.15) is 30.0 Å². The zero-order valence-corrected chi connectivity index (χ0v) is 15.5. The number of aromatic nitrogens is 2. The van der Waals surface area contributed by atoms with Crippen LogP contribution in [0.5, 0.6) is 0 Å². The standard InChI is InChI=1S/C23H22FN3O/c24-18-7-8-20-16(10-18)11-22(26-20)15-4-3-9-27(14-15)23(28)12-17-13-25-21-6-2-1-5-19(17)21/h1-2,5-8,10-11,13,15,25-26H,3-4,9,12,14H2. The molecular weight excluding hydrogens is 353 g/mol. The summed E-state index contributed by atoms with van der Waals surface area (Å²) >= 11 is 0. The van der Waals surface area contributed by atoms with Crippen molar-refractivity contribution in [1.82, 2.24) is 14.9 Å². The molecule has 1 aliphatic rings. The van der Waals surface area contributed by atoms with Crippen LogP contribution in [0.15, 0.2) is 54.7 Å². The predicted octanol–water partition coefficient (Wildman–Crippen LogP) is 4.74. The number of H-pyrrole nitrogens is 2. The lowest BCUT2D eigenvalue weighted by molar-refractivity contribution is -0.131. The van der Waals surface area contributed by atoms with Gasteiger partial charge in [-0.2, -0.15) is 0 Å². The lowest BCUT2D eigenvalue weighted by Crippen LogP contribution is -2.40. The number of amides is 1. The molecule has 0 aliphatic carbocycles. The Morgan fingerprint density at radius 2 is 2.04 bits per heavy atom. The van der Waals surface area contributed by atoms with E-state index in [2.05, 4.69) is 16.0 Å². The molecule has 3 heterocycles. The third kappa shape index (κ3) is 3.07. The van der Waals surface area contributed by atoms with Crippen LogP contribution in [0.25, 0.3) is 21.8 Å². The van der Waals surface area contributed by atoms with Crippen LogP contribution in [0.2, 0.25) is 0 Å². The summed E-state index contributed by atoms with van der Waals surface area (Å²) in [5, 5.41) is 2.00. The molecule has 5 rings (SSSR count). The van der Waals surface area contributed by atoms with Gasteiger partial charge in [-0.15, -0.1) is 0 Å². The van der Waals surface area contributed by atoms with Gasteiger partial charge in [-0.3, -0.25) is 4.79 Å². The highest BCUT2D eigenvalue weighted by Gasteiger charge is 2.26. The van der Waals surface area contributed by atoms with Crippen molar-refractivity contribution in [3.63, 3.8) is 0 Å². The number of nitrogens with one attached hydrogen (secondary N) is 2. The number of carbonyl (C=O) groups excluding carboxylic acids is 1. The van der Waals surface area contributed by atoms with Crippen molar-refractivity contribution in [3.05, 3.63) is 71.8 Å². The third-order valence-corrected chi connectivity index (χ3v) is 5.83. The molecule has 1 unspecified atom stereocenters. The Balaban J connectivity index is 1.33. The van der Waals surface area contributed by atoms with Gasteiger partial charge in [0.05, 0.1) is 6.42 Å². The molecule has 0 radical (unpaired) electrons. The number of para-hydroxylation sites is 1. The molecule has 28 heavy (non-hydrogen) atoms. The highest BCUT2D eigenvalue weighted by Crippen LogP contribution is 2.30. The Hall–Kier alpha value is -3.08. The van der Waals surface area contributed by atoms with Crippen molar-refractivity contribution in [1.29, 1.82) is 0 Å². The molecule has 4 aromatic rings. The molecule has 2 aromatic carbocycles. The molecule has 2 N–H and O–H groups in total.